The van der Waals surface area contributed by atoms with Crippen LogP contribution in [0.15, 0.2) is 30.6 Å². The lowest BCUT2D eigenvalue weighted by Crippen LogP contribution is -2.09. The number of aromatic carboxylic acids is 1. The third-order valence-corrected chi connectivity index (χ3v) is 3.08. The fourth-order valence-corrected chi connectivity index (χ4v) is 2.12. The smallest absolute Gasteiger partial charge is 0.338 e. The van der Waals surface area contributed by atoms with E-state index in [9.17, 15) is 4.79 Å². The molecule has 0 amide bonds. The van der Waals surface area contributed by atoms with Gasteiger partial charge in [-0.3, -0.25) is 4.68 Å². The molecule has 0 aliphatic rings. The Bertz CT molecular complexity index is 774. The molecule has 0 aliphatic heterocycles. The van der Waals surface area contributed by atoms with Crippen molar-refractivity contribution in [1.82, 2.24) is 24.8 Å². The molecule has 0 saturated heterocycles. The van der Waals surface area contributed by atoms with Crippen LogP contribution in [0.3, 0.4) is 0 Å². The Labute approximate surface area is 114 Å². The maximum atomic E-state index is 11.1. The van der Waals surface area contributed by atoms with Crippen LogP contribution in [0.5, 0.6) is 0 Å². The van der Waals surface area contributed by atoms with Crippen molar-refractivity contribution < 1.29 is 9.90 Å². The lowest BCUT2D eigenvalue weighted by atomic mass is 10.2. The van der Waals surface area contributed by atoms with Crippen LogP contribution in [0, 0.1) is 6.92 Å². The average Bonchev–Trinajstić information content (AvgIpc) is 3.02. The maximum absolute atomic E-state index is 11.1. The molecule has 0 bridgehead atoms. The van der Waals surface area contributed by atoms with Gasteiger partial charge in [0.05, 0.1) is 30.4 Å². The van der Waals surface area contributed by atoms with Gasteiger partial charge in [-0.05, 0) is 24.6 Å². The van der Waals surface area contributed by atoms with Gasteiger partial charge in [0.15, 0.2) is 0 Å². The molecule has 0 unspecified atom stereocenters. The van der Waals surface area contributed by atoms with E-state index in [1.165, 1.54) is 6.07 Å². The van der Waals surface area contributed by atoms with Gasteiger partial charge in [-0.1, -0.05) is 11.3 Å². The van der Waals surface area contributed by atoms with Crippen LogP contribution < -0.4 is 0 Å². The second-order valence-corrected chi connectivity index (χ2v) is 4.57. The van der Waals surface area contributed by atoms with E-state index in [4.69, 9.17) is 5.11 Å². The number of hydrogen-bond donors (Lipinski definition) is 1. The molecule has 0 spiro atoms. The Kier molecular flexibility index (Phi) is 2.94. The molecule has 102 valence electrons. The van der Waals surface area contributed by atoms with Crippen molar-refractivity contribution >= 4 is 17.0 Å². The van der Waals surface area contributed by atoms with E-state index in [1.807, 2.05) is 23.9 Å². The highest BCUT2D eigenvalue weighted by Gasteiger charge is 2.13. The number of nitrogens with zero attached hydrogens (tertiary/aromatic N) is 5. The van der Waals surface area contributed by atoms with Gasteiger partial charge in [-0.2, -0.15) is 5.10 Å². The summed E-state index contributed by atoms with van der Waals surface area (Å²) in [5.74, 6) is -0.995. The van der Waals surface area contributed by atoms with E-state index in [0.717, 1.165) is 5.56 Å². The Morgan fingerprint density at radius 1 is 1.35 bits per heavy atom. The van der Waals surface area contributed by atoms with Crippen molar-refractivity contribution in [1.29, 1.82) is 0 Å². The van der Waals surface area contributed by atoms with Crippen LogP contribution >= 0.6 is 0 Å². The lowest BCUT2D eigenvalue weighted by molar-refractivity contribution is 0.0699. The lowest BCUT2D eigenvalue weighted by Gasteiger charge is -2.03. The number of carbonyl (C=O) groups is 1. The van der Waals surface area contributed by atoms with Crippen molar-refractivity contribution in [3.8, 4) is 0 Å². The molecule has 0 radical (unpaired) electrons. The fraction of sp³-hybridized carbons (Fsp3) is 0.231. The van der Waals surface area contributed by atoms with Crippen molar-refractivity contribution in [2.24, 2.45) is 0 Å². The van der Waals surface area contributed by atoms with Crippen LogP contribution in [0.2, 0.25) is 0 Å². The van der Waals surface area contributed by atoms with Crippen LogP contribution in [0.4, 0.5) is 0 Å². The largest absolute Gasteiger partial charge is 0.478 e. The molecule has 0 fully saturated rings. The summed E-state index contributed by atoms with van der Waals surface area (Å²) in [4.78, 5) is 11.1. The van der Waals surface area contributed by atoms with Crippen molar-refractivity contribution in [2.45, 2.75) is 20.0 Å². The Morgan fingerprint density at radius 3 is 2.90 bits per heavy atom. The average molecular weight is 271 g/mol. The van der Waals surface area contributed by atoms with E-state index < -0.39 is 5.97 Å². The molecular weight excluding hydrogens is 258 g/mol. The number of aromatic nitrogens is 5. The predicted molar refractivity (Wildman–Crippen MR) is 71.5 cm³/mol. The highest BCUT2D eigenvalue weighted by Crippen LogP contribution is 2.16. The summed E-state index contributed by atoms with van der Waals surface area (Å²) in [7, 11) is 0. The minimum atomic E-state index is -0.995. The fourth-order valence-electron chi connectivity index (χ4n) is 2.12. The normalized spacial score (nSPS) is 11.1. The number of carboxylic acids is 1. The summed E-state index contributed by atoms with van der Waals surface area (Å²) in [6.45, 7) is 3.22. The number of aryl methyl sites for hydroxylation is 3. The molecule has 7 nitrogen and oxygen atoms in total. The maximum Gasteiger partial charge on any atom is 0.338 e. The number of carboxylic acid groups (broad SMARTS) is 1. The summed E-state index contributed by atoms with van der Waals surface area (Å²) in [6.07, 6.45) is 3.74. The summed E-state index contributed by atoms with van der Waals surface area (Å²) < 4.78 is 3.52. The zero-order valence-corrected chi connectivity index (χ0v) is 10.9. The van der Waals surface area contributed by atoms with Gasteiger partial charge >= 0.3 is 5.97 Å². The van der Waals surface area contributed by atoms with Gasteiger partial charge in [0.2, 0.25) is 0 Å². The first-order valence-electron chi connectivity index (χ1n) is 6.20. The molecule has 0 saturated carbocycles. The molecule has 1 N–H and O–H groups in total. The SMILES string of the molecule is Cc1cnn(CCn2nnc3c(C(=O)O)cccc32)c1. The molecule has 0 atom stereocenters. The molecule has 2 heterocycles. The van der Waals surface area contributed by atoms with E-state index in [2.05, 4.69) is 15.4 Å². The molecule has 2 aromatic heterocycles. The molecule has 7 heteroatoms. The van der Waals surface area contributed by atoms with Crippen LogP contribution in [0.25, 0.3) is 11.0 Å². The monoisotopic (exact) mass is 271 g/mol. The third kappa shape index (κ3) is 2.13. The standard InChI is InChI=1S/C13H13N5O2/c1-9-7-14-17(8-9)5-6-18-11-4-2-3-10(13(19)20)12(11)15-16-18/h2-4,7-8H,5-6H2,1H3,(H,19,20). The molecule has 3 rings (SSSR count). The van der Waals surface area contributed by atoms with Crippen LogP contribution in [-0.2, 0) is 13.1 Å². The zero-order valence-electron chi connectivity index (χ0n) is 10.9. The summed E-state index contributed by atoms with van der Waals surface area (Å²) in [5, 5.41) is 21.3. The summed E-state index contributed by atoms with van der Waals surface area (Å²) in [5.41, 5.74) is 2.40. The van der Waals surface area contributed by atoms with Gasteiger partial charge in [-0.25, -0.2) is 9.48 Å². The number of benzene rings is 1. The second kappa shape index (κ2) is 4.76. The Hall–Kier alpha value is -2.70. The highest BCUT2D eigenvalue weighted by molar-refractivity contribution is 6.00. The quantitative estimate of drug-likeness (QED) is 0.773. The molecule has 1 aromatic carbocycles. The second-order valence-electron chi connectivity index (χ2n) is 4.57. The topological polar surface area (TPSA) is 85.8 Å². The van der Waals surface area contributed by atoms with E-state index in [0.29, 0.717) is 24.1 Å². The Balaban J connectivity index is 1.89. The molecular formula is C13H13N5O2. The molecule has 20 heavy (non-hydrogen) atoms. The van der Waals surface area contributed by atoms with E-state index in [1.54, 1.807) is 16.9 Å². The van der Waals surface area contributed by atoms with E-state index >= 15 is 0 Å². The van der Waals surface area contributed by atoms with Crippen molar-refractivity contribution in [3.63, 3.8) is 0 Å². The minimum absolute atomic E-state index is 0.170. The number of hydrogen-bond acceptors (Lipinski definition) is 4. The first-order valence-corrected chi connectivity index (χ1v) is 6.20. The van der Waals surface area contributed by atoms with Gasteiger partial charge in [0.25, 0.3) is 0 Å². The van der Waals surface area contributed by atoms with Crippen molar-refractivity contribution in [3.05, 3.63) is 41.7 Å². The number of rotatable bonds is 4. The van der Waals surface area contributed by atoms with E-state index in [-0.39, 0.29) is 5.56 Å². The number of fused-ring (bicyclic) bond motifs is 1. The summed E-state index contributed by atoms with van der Waals surface area (Å²) in [6, 6.07) is 5.04. The first-order chi connectivity index (χ1) is 9.65. The molecule has 3 aromatic rings. The molecule has 0 aliphatic carbocycles. The Morgan fingerprint density at radius 2 is 2.20 bits per heavy atom. The minimum Gasteiger partial charge on any atom is -0.478 e. The van der Waals surface area contributed by atoms with Gasteiger partial charge in [-0.15, -0.1) is 5.10 Å². The van der Waals surface area contributed by atoms with Gasteiger partial charge in [0.1, 0.15) is 5.52 Å². The van der Waals surface area contributed by atoms with Crippen LogP contribution in [-0.4, -0.2) is 35.9 Å². The summed E-state index contributed by atoms with van der Waals surface area (Å²) >= 11 is 0. The highest BCUT2D eigenvalue weighted by atomic mass is 16.4. The van der Waals surface area contributed by atoms with Gasteiger partial charge in [0, 0.05) is 6.20 Å². The third-order valence-electron chi connectivity index (χ3n) is 3.08. The zero-order chi connectivity index (χ0) is 14.1. The predicted octanol–water partition coefficient (Wildman–Crippen LogP) is 1.33. The van der Waals surface area contributed by atoms with Crippen LogP contribution in [0.1, 0.15) is 15.9 Å². The first kappa shape index (κ1) is 12.3. The van der Waals surface area contributed by atoms with Crippen molar-refractivity contribution in [2.75, 3.05) is 0 Å². The van der Waals surface area contributed by atoms with Gasteiger partial charge < -0.3 is 5.11 Å².